The third kappa shape index (κ3) is 6.91. The van der Waals surface area contributed by atoms with Crippen LogP contribution in [-0.4, -0.2) is 42.9 Å². The predicted octanol–water partition coefficient (Wildman–Crippen LogP) is 3.83. The molecule has 0 fully saturated rings. The van der Waals surface area contributed by atoms with E-state index in [2.05, 4.69) is 26.9 Å². The van der Waals surface area contributed by atoms with E-state index in [1.165, 1.54) is 0 Å². The third-order valence-corrected chi connectivity index (χ3v) is 10.6. The van der Waals surface area contributed by atoms with Crippen LogP contribution in [-0.2, 0) is 22.5 Å². The summed E-state index contributed by atoms with van der Waals surface area (Å²) in [6, 6.07) is 0.462. The van der Waals surface area contributed by atoms with Crippen molar-refractivity contribution in [2.45, 2.75) is 66.2 Å². The van der Waals surface area contributed by atoms with E-state index in [1.54, 1.807) is 0 Å². The summed E-state index contributed by atoms with van der Waals surface area (Å²) < 4.78 is 23.2. The maximum Gasteiger partial charge on any atom is 0.501 e. The van der Waals surface area contributed by atoms with E-state index in [0.29, 0.717) is 31.4 Å². The zero-order valence-electron chi connectivity index (χ0n) is 15.5. The molecule has 1 unspecified atom stereocenters. The van der Waals surface area contributed by atoms with Crippen molar-refractivity contribution in [2.24, 2.45) is 5.92 Å². The van der Waals surface area contributed by atoms with Crippen molar-refractivity contribution in [1.29, 1.82) is 0 Å². The fourth-order valence-corrected chi connectivity index (χ4v) is 5.69. The highest BCUT2D eigenvalue weighted by Crippen LogP contribution is 2.26. The second-order valence-electron chi connectivity index (χ2n) is 6.27. The monoisotopic (exact) mass is 350 g/mol. The van der Waals surface area contributed by atoms with Crippen molar-refractivity contribution in [3.63, 3.8) is 0 Å². The van der Waals surface area contributed by atoms with Crippen molar-refractivity contribution in [3.05, 3.63) is 0 Å². The van der Waals surface area contributed by atoms with Gasteiger partial charge in [0, 0.05) is 25.9 Å². The number of carbonyl (C=O) groups excluding carboxylic acids is 1. The fourth-order valence-electron chi connectivity index (χ4n) is 1.90. The number of rotatable bonds is 11. The SMILES string of the molecule is CCO[Si](CC(C)C(=O)O[Si](C)(C)C(C)C)(OCC)OCC. The second-order valence-corrected chi connectivity index (χ2v) is 13.5. The minimum Gasteiger partial charge on any atom is -0.519 e. The molecule has 7 heteroatoms. The molecule has 1 atom stereocenters. The van der Waals surface area contributed by atoms with Gasteiger partial charge in [0.15, 0.2) is 0 Å². The Balaban J connectivity index is 4.93. The average Bonchev–Trinajstić information content (AvgIpc) is 2.38. The smallest absolute Gasteiger partial charge is 0.501 e. The molecule has 0 rings (SSSR count). The summed E-state index contributed by atoms with van der Waals surface area (Å²) in [4.78, 5) is 12.4. The lowest BCUT2D eigenvalue weighted by Gasteiger charge is -2.32. The highest BCUT2D eigenvalue weighted by atomic mass is 28.4. The summed E-state index contributed by atoms with van der Waals surface area (Å²) in [6.07, 6.45) is 0. The number of hydrogen-bond donors (Lipinski definition) is 0. The minimum atomic E-state index is -2.81. The molecule has 0 aliphatic carbocycles. The Hall–Kier alpha value is -0.216. The standard InChI is InChI=1S/C15H34O5Si2/c1-9-17-22(18-10-2,19-11-3)12-14(6)15(16)20-21(7,8)13(4)5/h13-14H,9-12H2,1-8H3. The largest absolute Gasteiger partial charge is 0.519 e. The van der Waals surface area contributed by atoms with E-state index >= 15 is 0 Å². The lowest BCUT2D eigenvalue weighted by atomic mass is 10.2. The zero-order valence-corrected chi connectivity index (χ0v) is 17.5. The quantitative estimate of drug-likeness (QED) is 0.530. The number of carbonyl (C=O) groups is 1. The lowest BCUT2D eigenvalue weighted by molar-refractivity contribution is -0.139. The molecule has 5 nitrogen and oxygen atoms in total. The van der Waals surface area contributed by atoms with Gasteiger partial charge in [0.1, 0.15) is 0 Å². The number of hydrogen-bond acceptors (Lipinski definition) is 5. The Kier molecular flexibility index (Phi) is 9.72. The van der Waals surface area contributed by atoms with Crippen molar-refractivity contribution in [1.82, 2.24) is 0 Å². The van der Waals surface area contributed by atoms with E-state index in [0.717, 1.165) is 0 Å². The van der Waals surface area contributed by atoms with E-state index in [-0.39, 0.29) is 11.9 Å². The van der Waals surface area contributed by atoms with Gasteiger partial charge in [0.2, 0.25) is 0 Å². The molecule has 0 bridgehead atoms. The molecule has 22 heavy (non-hydrogen) atoms. The van der Waals surface area contributed by atoms with Crippen LogP contribution in [0.25, 0.3) is 0 Å². The molecular formula is C15H34O5Si2. The molecule has 0 saturated heterocycles. The summed E-state index contributed by atoms with van der Waals surface area (Å²) >= 11 is 0. The van der Waals surface area contributed by atoms with Gasteiger partial charge in [-0.25, -0.2) is 0 Å². The molecule has 0 spiro atoms. The van der Waals surface area contributed by atoms with Crippen LogP contribution < -0.4 is 0 Å². The summed E-state index contributed by atoms with van der Waals surface area (Å²) in [6.45, 7) is 17.5. The molecule has 0 heterocycles. The molecule has 0 aliphatic heterocycles. The molecular weight excluding hydrogens is 316 g/mol. The van der Waals surface area contributed by atoms with Crippen LogP contribution >= 0.6 is 0 Å². The fraction of sp³-hybridized carbons (Fsp3) is 0.933. The van der Waals surface area contributed by atoms with Gasteiger partial charge < -0.3 is 17.7 Å². The van der Waals surface area contributed by atoms with Crippen molar-refractivity contribution < 1.29 is 22.5 Å². The maximum atomic E-state index is 12.4. The summed E-state index contributed by atoms with van der Waals surface area (Å²) in [5.41, 5.74) is 0.385. The first-order valence-electron chi connectivity index (χ1n) is 8.28. The third-order valence-electron chi connectivity index (χ3n) is 3.81. The van der Waals surface area contributed by atoms with Gasteiger partial charge in [-0.3, -0.25) is 4.79 Å². The molecule has 0 aliphatic rings. The zero-order chi connectivity index (χ0) is 17.4. The van der Waals surface area contributed by atoms with Gasteiger partial charge in [-0.05, 0) is 39.4 Å². The van der Waals surface area contributed by atoms with E-state index in [1.807, 2.05) is 27.7 Å². The molecule has 0 N–H and O–H groups in total. The van der Waals surface area contributed by atoms with Gasteiger partial charge in [0.25, 0.3) is 14.3 Å². The van der Waals surface area contributed by atoms with Crippen molar-refractivity contribution >= 4 is 23.1 Å². The molecule has 132 valence electrons. The van der Waals surface area contributed by atoms with Crippen LogP contribution in [0, 0.1) is 5.92 Å². The maximum absolute atomic E-state index is 12.4. The Morgan fingerprint density at radius 2 is 1.32 bits per heavy atom. The van der Waals surface area contributed by atoms with Gasteiger partial charge in [-0.1, -0.05) is 20.8 Å². The first-order chi connectivity index (χ1) is 10.1. The van der Waals surface area contributed by atoms with Crippen LogP contribution in [0.4, 0.5) is 0 Å². The topological polar surface area (TPSA) is 54.0 Å². The molecule has 0 aromatic heterocycles. The Morgan fingerprint density at radius 3 is 1.64 bits per heavy atom. The molecule has 0 saturated carbocycles. The highest BCUT2D eigenvalue weighted by molar-refractivity contribution is 6.74. The van der Waals surface area contributed by atoms with Gasteiger partial charge in [-0.2, -0.15) is 0 Å². The summed E-state index contributed by atoms with van der Waals surface area (Å²) in [5.74, 6) is -0.455. The van der Waals surface area contributed by atoms with Crippen LogP contribution in [0.2, 0.25) is 24.7 Å². The van der Waals surface area contributed by atoms with E-state index < -0.39 is 17.1 Å². The van der Waals surface area contributed by atoms with Crippen molar-refractivity contribution in [3.8, 4) is 0 Å². The Morgan fingerprint density at radius 1 is 0.909 bits per heavy atom. The first kappa shape index (κ1) is 21.8. The lowest BCUT2D eigenvalue weighted by Crippen LogP contribution is -2.49. The van der Waals surface area contributed by atoms with Gasteiger partial charge in [-0.15, -0.1) is 0 Å². The molecule has 0 aromatic carbocycles. The second kappa shape index (κ2) is 9.82. The molecule has 0 aromatic rings. The molecule has 0 radical (unpaired) electrons. The van der Waals surface area contributed by atoms with E-state index in [9.17, 15) is 4.79 Å². The van der Waals surface area contributed by atoms with Crippen LogP contribution in [0.5, 0.6) is 0 Å². The normalized spacial score (nSPS) is 14.2. The Bertz CT molecular complexity index is 317. The van der Waals surface area contributed by atoms with E-state index in [4.69, 9.17) is 17.7 Å². The molecule has 0 amide bonds. The highest BCUT2D eigenvalue weighted by Gasteiger charge is 2.44. The van der Waals surface area contributed by atoms with Crippen molar-refractivity contribution in [2.75, 3.05) is 19.8 Å². The van der Waals surface area contributed by atoms with Crippen LogP contribution in [0.15, 0.2) is 0 Å². The summed E-state index contributed by atoms with van der Waals surface area (Å²) in [7, 11) is -4.80. The average molecular weight is 351 g/mol. The van der Waals surface area contributed by atoms with Crippen LogP contribution in [0.3, 0.4) is 0 Å². The Labute approximate surface area is 138 Å². The first-order valence-corrected chi connectivity index (χ1v) is 13.2. The predicted molar refractivity (Wildman–Crippen MR) is 93.3 cm³/mol. The minimum absolute atomic E-state index is 0.165. The van der Waals surface area contributed by atoms with Gasteiger partial charge >= 0.3 is 8.80 Å². The van der Waals surface area contributed by atoms with Gasteiger partial charge in [0.05, 0.1) is 5.92 Å². The summed E-state index contributed by atoms with van der Waals surface area (Å²) in [5, 5.41) is 0. The van der Waals surface area contributed by atoms with Crippen LogP contribution in [0.1, 0.15) is 41.5 Å².